The number of likely N-dealkylation sites (tertiary alicyclic amines) is 1. The summed E-state index contributed by atoms with van der Waals surface area (Å²) in [6, 6.07) is 11.9. The Morgan fingerprint density at radius 3 is 2.58 bits per heavy atom. The second-order valence-electron chi connectivity index (χ2n) is 8.02. The molecular weight excluding hydrogens is 425 g/mol. The molecule has 1 fully saturated rings. The van der Waals surface area contributed by atoms with Gasteiger partial charge in [0.15, 0.2) is 17.7 Å². The molecule has 0 saturated carbocycles. The Kier molecular flexibility index (Phi) is 8.64. The number of ether oxygens (including phenoxy) is 3. The van der Waals surface area contributed by atoms with Gasteiger partial charge in [0, 0.05) is 38.4 Å². The minimum absolute atomic E-state index is 0.0590. The average molecular weight is 456 g/mol. The number of nitriles is 1. The minimum atomic E-state index is -1.18. The maximum Gasteiger partial charge on any atom is 0.254 e. The molecule has 0 spiro atoms. The SMILES string of the molecule is CCOc1cc(OC2CCN(C)CC2)c(F)c(C(OC)C(=O)NCc2ccc(C#N)cc2)c1. The first kappa shape index (κ1) is 24.5. The summed E-state index contributed by atoms with van der Waals surface area (Å²) in [5, 5.41) is 11.7. The molecule has 3 rings (SSSR count). The van der Waals surface area contributed by atoms with Crippen LogP contribution in [-0.2, 0) is 16.1 Å². The zero-order valence-electron chi connectivity index (χ0n) is 19.3. The Balaban J connectivity index is 1.78. The van der Waals surface area contributed by atoms with Gasteiger partial charge in [-0.05, 0) is 50.6 Å². The van der Waals surface area contributed by atoms with Crippen LogP contribution < -0.4 is 14.8 Å². The lowest BCUT2D eigenvalue weighted by atomic mass is 10.1. The van der Waals surface area contributed by atoms with Crippen molar-refractivity contribution in [2.24, 2.45) is 0 Å². The number of benzene rings is 2. The number of amides is 1. The number of halogens is 1. The number of nitrogens with one attached hydrogen (secondary N) is 1. The van der Waals surface area contributed by atoms with Crippen molar-refractivity contribution < 1.29 is 23.4 Å². The maximum atomic E-state index is 15.5. The molecule has 0 aromatic heterocycles. The van der Waals surface area contributed by atoms with Gasteiger partial charge in [0.1, 0.15) is 11.9 Å². The van der Waals surface area contributed by atoms with Gasteiger partial charge < -0.3 is 24.4 Å². The van der Waals surface area contributed by atoms with E-state index < -0.39 is 17.8 Å². The largest absolute Gasteiger partial charge is 0.494 e. The van der Waals surface area contributed by atoms with Crippen LogP contribution in [-0.4, -0.2) is 50.8 Å². The van der Waals surface area contributed by atoms with Gasteiger partial charge in [-0.2, -0.15) is 5.26 Å². The Morgan fingerprint density at radius 2 is 1.97 bits per heavy atom. The third-order valence-corrected chi connectivity index (χ3v) is 5.62. The average Bonchev–Trinajstić information content (AvgIpc) is 2.82. The summed E-state index contributed by atoms with van der Waals surface area (Å²) in [6.07, 6.45) is 0.307. The molecule has 176 valence electrons. The molecule has 1 amide bonds. The van der Waals surface area contributed by atoms with Crippen LogP contribution >= 0.6 is 0 Å². The molecule has 1 N–H and O–H groups in total. The summed E-state index contributed by atoms with van der Waals surface area (Å²) in [6.45, 7) is 4.20. The highest BCUT2D eigenvalue weighted by Gasteiger charge is 2.28. The zero-order chi connectivity index (χ0) is 23.8. The van der Waals surface area contributed by atoms with E-state index in [1.807, 2.05) is 14.0 Å². The van der Waals surface area contributed by atoms with Gasteiger partial charge in [-0.15, -0.1) is 0 Å². The second kappa shape index (κ2) is 11.6. The lowest BCUT2D eigenvalue weighted by molar-refractivity contribution is -0.131. The number of carbonyl (C=O) groups is 1. The summed E-state index contributed by atoms with van der Waals surface area (Å²) in [7, 11) is 3.40. The number of piperidine rings is 1. The molecule has 1 atom stereocenters. The molecule has 1 saturated heterocycles. The van der Waals surface area contributed by atoms with Crippen LogP contribution in [0.5, 0.6) is 11.5 Å². The zero-order valence-corrected chi connectivity index (χ0v) is 19.3. The van der Waals surface area contributed by atoms with Gasteiger partial charge in [0.25, 0.3) is 5.91 Å². The van der Waals surface area contributed by atoms with Gasteiger partial charge in [0.2, 0.25) is 0 Å². The summed E-state index contributed by atoms with van der Waals surface area (Å²) in [5.41, 5.74) is 1.41. The molecule has 1 aliphatic rings. The first-order valence-electron chi connectivity index (χ1n) is 11.1. The van der Waals surface area contributed by atoms with Crippen molar-refractivity contribution >= 4 is 5.91 Å². The number of rotatable bonds is 9. The topological polar surface area (TPSA) is 83.8 Å². The van der Waals surface area contributed by atoms with E-state index in [9.17, 15) is 4.79 Å². The highest BCUT2D eigenvalue weighted by Crippen LogP contribution is 2.34. The smallest absolute Gasteiger partial charge is 0.254 e. The van der Waals surface area contributed by atoms with Gasteiger partial charge >= 0.3 is 0 Å². The molecule has 0 bridgehead atoms. The Bertz CT molecular complexity index is 982. The molecule has 8 heteroatoms. The van der Waals surface area contributed by atoms with E-state index in [4.69, 9.17) is 19.5 Å². The van der Waals surface area contributed by atoms with Crippen LogP contribution in [0.15, 0.2) is 36.4 Å². The van der Waals surface area contributed by atoms with Crippen molar-refractivity contribution in [2.75, 3.05) is 33.9 Å². The molecule has 33 heavy (non-hydrogen) atoms. The van der Waals surface area contributed by atoms with Gasteiger partial charge in [0.05, 0.1) is 18.2 Å². The van der Waals surface area contributed by atoms with Crippen molar-refractivity contribution in [2.45, 2.75) is 38.5 Å². The minimum Gasteiger partial charge on any atom is -0.494 e. The van der Waals surface area contributed by atoms with Gasteiger partial charge in [-0.25, -0.2) is 4.39 Å². The van der Waals surface area contributed by atoms with E-state index in [0.29, 0.717) is 17.9 Å². The second-order valence-corrected chi connectivity index (χ2v) is 8.02. The molecule has 1 heterocycles. The summed E-state index contributed by atoms with van der Waals surface area (Å²) >= 11 is 0. The summed E-state index contributed by atoms with van der Waals surface area (Å²) in [4.78, 5) is 15.1. The van der Waals surface area contributed by atoms with Crippen molar-refractivity contribution in [3.05, 3.63) is 58.9 Å². The first-order chi connectivity index (χ1) is 15.9. The number of hydrogen-bond acceptors (Lipinski definition) is 6. The molecule has 2 aromatic rings. The van der Waals surface area contributed by atoms with E-state index in [-0.39, 0.29) is 24.0 Å². The van der Waals surface area contributed by atoms with Crippen LogP contribution in [0, 0.1) is 17.1 Å². The van der Waals surface area contributed by atoms with E-state index >= 15 is 4.39 Å². The van der Waals surface area contributed by atoms with Crippen LogP contribution in [0.25, 0.3) is 0 Å². The molecule has 0 aliphatic carbocycles. The highest BCUT2D eigenvalue weighted by atomic mass is 19.1. The fourth-order valence-corrected chi connectivity index (χ4v) is 3.76. The lowest BCUT2D eigenvalue weighted by Crippen LogP contribution is -2.36. The summed E-state index contributed by atoms with van der Waals surface area (Å²) < 4.78 is 32.5. The van der Waals surface area contributed by atoms with Crippen LogP contribution in [0.4, 0.5) is 4.39 Å². The van der Waals surface area contributed by atoms with Crippen LogP contribution in [0.1, 0.15) is 42.6 Å². The number of methoxy groups -OCH3 is 1. The van der Waals surface area contributed by atoms with Crippen molar-refractivity contribution in [3.63, 3.8) is 0 Å². The lowest BCUT2D eigenvalue weighted by Gasteiger charge is -2.30. The predicted octanol–water partition coefficient (Wildman–Crippen LogP) is 3.57. The van der Waals surface area contributed by atoms with E-state index in [1.165, 1.54) is 19.2 Å². The fraction of sp³-hybridized carbons (Fsp3) is 0.440. The standard InChI is InChI=1S/C25H30FN3O4/c1-4-32-20-13-21(23(26)22(14-20)33-19-9-11-29(2)12-10-19)24(31-3)25(30)28-16-18-7-5-17(15-27)6-8-18/h5-8,13-14,19,24H,4,9-12,16H2,1-3H3,(H,28,30). The van der Waals surface area contributed by atoms with E-state index in [2.05, 4.69) is 16.3 Å². The van der Waals surface area contributed by atoms with Gasteiger partial charge in [-0.1, -0.05) is 12.1 Å². The third-order valence-electron chi connectivity index (χ3n) is 5.62. The van der Waals surface area contributed by atoms with Crippen molar-refractivity contribution in [1.29, 1.82) is 5.26 Å². The quantitative estimate of drug-likeness (QED) is 0.622. The fourth-order valence-electron chi connectivity index (χ4n) is 3.76. The van der Waals surface area contributed by atoms with Crippen molar-refractivity contribution in [1.82, 2.24) is 10.2 Å². The molecular formula is C25H30FN3O4. The maximum absolute atomic E-state index is 15.5. The molecule has 1 unspecified atom stereocenters. The molecule has 0 radical (unpaired) electrons. The predicted molar refractivity (Wildman–Crippen MR) is 121 cm³/mol. The first-order valence-corrected chi connectivity index (χ1v) is 11.1. The van der Waals surface area contributed by atoms with Crippen LogP contribution in [0.3, 0.4) is 0 Å². The normalized spacial score (nSPS) is 15.5. The van der Waals surface area contributed by atoms with E-state index in [0.717, 1.165) is 31.5 Å². The Morgan fingerprint density at radius 1 is 1.27 bits per heavy atom. The molecule has 1 aliphatic heterocycles. The molecule has 7 nitrogen and oxygen atoms in total. The molecule has 2 aromatic carbocycles. The Hall–Kier alpha value is -3.15. The highest BCUT2D eigenvalue weighted by molar-refractivity contribution is 5.82. The number of nitrogens with zero attached hydrogens (tertiary/aromatic N) is 2. The third kappa shape index (κ3) is 6.44. The van der Waals surface area contributed by atoms with Gasteiger partial charge in [-0.3, -0.25) is 4.79 Å². The van der Waals surface area contributed by atoms with Crippen molar-refractivity contribution in [3.8, 4) is 17.6 Å². The number of carbonyl (C=O) groups excluding carboxylic acids is 1. The number of hydrogen-bond donors (Lipinski definition) is 1. The van der Waals surface area contributed by atoms with E-state index in [1.54, 1.807) is 24.3 Å². The van der Waals surface area contributed by atoms with Crippen LogP contribution in [0.2, 0.25) is 0 Å². The Labute approximate surface area is 194 Å². The monoisotopic (exact) mass is 455 g/mol. The summed E-state index contributed by atoms with van der Waals surface area (Å²) in [5.74, 6) is -0.636.